The second-order valence-corrected chi connectivity index (χ2v) is 7.11. The molecule has 0 aliphatic rings. The molecule has 0 aliphatic heterocycles. The highest BCUT2D eigenvalue weighted by Crippen LogP contribution is 2.25. The zero-order chi connectivity index (χ0) is 18.6. The number of hydrogen-bond donors (Lipinski definition) is 1. The molecule has 2 aromatic carbocycles. The van der Waals surface area contributed by atoms with E-state index in [0.717, 1.165) is 11.3 Å². The molecule has 0 aliphatic carbocycles. The van der Waals surface area contributed by atoms with Gasteiger partial charge in [0.15, 0.2) is 0 Å². The van der Waals surface area contributed by atoms with Crippen LogP contribution in [-0.4, -0.2) is 38.0 Å². The summed E-state index contributed by atoms with van der Waals surface area (Å²) in [6.45, 7) is 2.54. The number of likely N-dealkylation sites (N-methyl/N-ethyl adjacent to an activating group) is 1. The highest BCUT2D eigenvalue weighted by atomic mass is 35.5. The minimum atomic E-state index is -0.316. The summed E-state index contributed by atoms with van der Waals surface area (Å²) in [7, 11) is 5.94. The first kappa shape index (κ1) is 19.6. The Morgan fingerprint density at radius 2 is 1.72 bits per heavy atom. The highest BCUT2D eigenvalue weighted by Gasteiger charge is 2.19. The van der Waals surface area contributed by atoms with E-state index in [1.54, 1.807) is 18.2 Å². The van der Waals surface area contributed by atoms with Gasteiger partial charge in [-0.25, -0.2) is 0 Å². The molecule has 0 fully saturated rings. The van der Waals surface area contributed by atoms with Gasteiger partial charge < -0.3 is 10.2 Å². The zero-order valence-corrected chi connectivity index (χ0v) is 16.4. The van der Waals surface area contributed by atoms with E-state index in [1.807, 2.05) is 33.0 Å². The fraction of sp³-hybridized carbons (Fsp3) is 0.316. The third-order valence-electron chi connectivity index (χ3n) is 4.11. The molecule has 0 aromatic heterocycles. The van der Waals surface area contributed by atoms with Crippen LogP contribution in [0.4, 0.5) is 11.4 Å². The second-order valence-electron chi connectivity index (χ2n) is 6.27. The molecular formula is C19H23Cl2N3O. The molecule has 2 rings (SSSR count). The molecule has 1 atom stereocenters. The smallest absolute Gasteiger partial charge is 0.241 e. The van der Waals surface area contributed by atoms with Crippen molar-refractivity contribution in [3.8, 4) is 0 Å². The molecule has 0 bridgehead atoms. The molecule has 25 heavy (non-hydrogen) atoms. The number of carbonyl (C=O) groups excluding carboxylic acids is 1. The predicted molar refractivity (Wildman–Crippen MR) is 107 cm³/mol. The van der Waals surface area contributed by atoms with Crippen LogP contribution in [-0.2, 0) is 11.3 Å². The lowest BCUT2D eigenvalue weighted by molar-refractivity contribution is -0.120. The van der Waals surface area contributed by atoms with Crippen molar-refractivity contribution in [3.63, 3.8) is 0 Å². The van der Waals surface area contributed by atoms with Crippen molar-refractivity contribution in [3.05, 3.63) is 58.1 Å². The third-order valence-corrected chi connectivity index (χ3v) is 4.68. The number of amides is 1. The standard InChI is InChI=1S/C19H23Cl2N3O/c1-13(19(25)22-18-11-15(20)7-10-17(18)21)24(4)12-14-5-8-16(9-6-14)23(2)3/h5-11,13H,12H2,1-4H3,(H,22,25)/t13-/m1/s1. The first-order valence-corrected chi connectivity index (χ1v) is 8.76. The maximum atomic E-state index is 12.5. The molecular weight excluding hydrogens is 357 g/mol. The van der Waals surface area contributed by atoms with Gasteiger partial charge in [0.1, 0.15) is 0 Å². The van der Waals surface area contributed by atoms with E-state index >= 15 is 0 Å². The van der Waals surface area contributed by atoms with E-state index in [1.165, 1.54) is 0 Å². The molecule has 0 heterocycles. The fourth-order valence-corrected chi connectivity index (χ4v) is 2.69. The van der Waals surface area contributed by atoms with Crippen LogP contribution >= 0.6 is 23.2 Å². The van der Waals surface area contributed by atoms with E-state index in [2.05, 4.69) is 34.5 Å². The summed E-state index contributed by atoms with van der Waals surface area (Å²) in [6, 6.07) is 13.0. The van der Waals surface area contributed by atoms with Crippen molar-refractivity contribution < 1.29 is 4.79 Å². The number of nitrogens with zero attached hydrogens (tertiary/aromatic N) is 2. The molecule has 0 saturated carbocycles. The molecule has 2 aromatic rings. The monoisotopic (exact) mass is 379 g/mol. The van der Waals surface area contributed by atoms with E-state index in [-0.39, 0.29) is 11.9 Å². The van der Waals surface area contributed by atoms with Gasteiger partial charge in [0.25, 0.3) is 0 Å². The van der Waals surface area contributed by atoms with Crippen LogP contribution < -0.4 is 10.2 Å². The fourth-order valence-electron chi connectivity index (χ4n) is 2.36. The van der Waals surface area contributed by atoms with E-state index < -0.39 is 0 Å². The van der Waals surface area contributed by atoms with Crippen molar-refractivity contribution in [1.82, 2.24) is 4.90 Å². The molecule has 6 heteroatoms. The number of hydrogen-bond acceptors (Lipinski definition) is 3. The van der Waals surface area contributed by atoms with Crippen LogP contribution in [0.3, 0.4) is 0 Å². The van der Waals surface area contributed by atoms with Gasteiger partial charge in [0.05, 0.1) is 16.8 Å². The average Bonchev–Trinajstić information content (AvgIpc) is 2.57. The Morgan fingerprint density at radius 1 is 1.08 bits per heavy atom. The molecule has 0 radical (unpaired) electrons. The Kier molecular flexibility index (Phi) is 6.71. The predicted octanol–water partition coefficient (Wildman–Crippen LogP) is 4.52. The molecule has 134 valence electrons. The van der Waals surface area contributed by atoms with Crippen LogP contribution in [0.2, 0.25) is 10.0 Å². The van der Waals surface area contributed by atoms with Gasteiger partial charge in [-0.15, -0.1) is 0 Å². The summed E-state index contributed by atoms with van der Waals surface area (Å²) in [5, 5.41) is 3.83. The van der Waals surface area contributed by atoms with E-state index in [4.69, 9.17) is 23.2 Å². The molecule has 1 amide bonds. The Bertz CT molecular complexity index is 732. The average molecular weight is 380 g/mol. The van der Waals surface area contributed by atoms with E-state index in [9.17, 15) is 4.79 Å². The highest BCUT2D eigenvalue weighted by molar-refractivity contribution is 6.35. The van der Waals surface area contributed by atoms with Gasteiger partial charge in [0, 0.05) is 31.4 Å². The second kappa shape index (κ2) is 8.56. The number of carbonyl (C=O) groups is 1. The van der Waals surface area contributed by atoms with Gasteiger partial charge in [-0.05, 0) is 49.9 Å². The Labute approximate surface area is 159 Å². The van der Waals surface area contributed by atoms with Gasteiger partial charge in [-0.2, -0.15) is 0 Å². The number of rotatable bonds is 6. The van der Waals surface area contributed by atoms with Gasteiger partial charge >= 0.3 is 0 Å². The molecule has 0 saturated heterocycles. The van der Waals surface area contributed by atoms with Crippen molar-refractivity contribution in [2.24, 2.45) is 0 Å². The maximum absolute atomic E-state index is 12.5. The summed E-state index contributed by atoms with van der Waals surface area (Å²) in [5.74, 6) is -0.128. The summed E-state index contributed by atoms with van der Waals surface area (Å²) in [5.41, 5.74) is 2.82. The summed E-state index contributed by atoms with van der Waals surface area (Å²) in [6.07, 6.45) is 0. The summed E-state index contributed by atoms with van der Waals surface area (Å²) < 4.78 is 0. The van der Waals surface area contributed by atoms with E-state index in [0.29, 0.717) is 22.3 Å². The van der Waals surface area contributed by atoms with Crippen molar-refractivity contribution in [2.45, 2.75) is 19.5 Å². The van der Waals surface area contributed by atoms with Gasteiger partial charge in [-0.1, -0.05) is 35.3 Å². The molecule has 1 N–H and O–H groups in total. The Balaban J connectivity index is 1.99. The Hall–Kier alpha value is -1.75. The summed E-state index contributed by atoms with van der Waals surface area (Å²) >= 11 is 12.1. The number of halogens is 2. The van der Waals surface area contributed by atoms with Crippen LogP contribution in [0.25, 0.3) is 0 Å². The topological polar surface area (TPSA) is 35.6 Å². The maximum Gasteiger partial charge on any atom is 0.241 e. The van der Waals surface area contributed by atoms with Crippen molar-refractivity contribution in [2.75, 3.05) is 31.4 Å². The minimum Gasteiger partial charge on any atom is -0.378 e. The Morgan fingerprint density at radius 3 is 2.32 bits per heavy atom. The molecule has 0 spiro atoms. The van der Waals surface area contributed by atoms with Crippen LogP contribution in [0.15, 0.2) is 42.5 Å². The normalized spacial score (nSPS) is 12.1. The number of nitrogens with one attached hydrogen (secondary N) is 1. The SMILES string of the molecule is C[C@H](C(=O)Nc1cc(Cl)ccc1Cl)N(C)Cc1ccc(N(C)C)cc1. The summed E-state index contributed by atoms with van der Waals surface area (Å²) in [4.78, 5) is 16.5. The lowest BCUT2D eigenvalue weighted by Crippen LogP contribution is -2.39. The molecule has 4 nitrogen and oxygen atoms in total. The third kappa shape index (κ3) is 5.36. The quantitative estimate of drug-likeness (QED) is 0.801. The first-order valence-electron chi connectivity index (χ1n) is 8.00. The zero-order valence-electron chi connectivity index (χ0n) is 14.9. The lowest BCUT2D eigenvalue weighted by Gasteiger charge is -2.24. The van der Waals surface area contributed by atoms with Crippen LogP contribution in [0.1, 0.15) is 12.5 Å². The lowest BCUT2D eigenvalue weighted by atomic mass is 10.1. The van der Waals surface area contributed by atoms with Gasteiger partial charge in [-0.3, -0.25) is 9.69 Å². The van der Waals surface area contributed by atoms with Crippen LogP contribution in [0, 0.1) is 0 Å². The minimum absolute atomic E-state index is 0.128. The van der Waals surface area contributed by atoms with Crippen LogP contribution in [0.5, 0.6) is 0 Å². The van der Waals surface area contributed by atoms with Crippen molar-refractivity contribution >= 4 is 40.5 Å². The van der Waals surface area contributed by atoms with Gasteiger partial charge in [0.2, 0.25) is 5.91 Å². The number of anilines is 2. The first-order chi connectivity index (χ1) is 11.8. The number of benzene rings is 2. The largest absolute Gasteiger partial charge is 0.378 e. The molecule has 0 unspecified atom stereocenters. The van der Waals surface area contributed by atoms with Crippen molar-refractivity contribution in [1.29, 1.82) is 0 Å².